The fourth-order valence-corrected chi connectivity index (χ4v) is 2.11. The summed E-state index contributed by atoms with van der Waals surface area (Å²) in [6.07, 6.45) is 0. The molecule has 2 rings (SSSR count). The first kappa shape index (κ1) is 12.3. The van der Waals surface area contributed by atoms with Gasteiger partial charge < -0.3 is 0 Å². The molecular weight excluding hydrogens is 278 g/mol. The molecule has 88 valence electrons. The Labute approximate surface area is 112 Å². The van der Waals surface area contributed by atoms with Gasteiger partial charge in [0.1, 0.15) is 5.01 Å². The van der Waals surface area contributed by atoms with Crippen LogP contribution >= 0.6 is 35.6 Å². The number of anilines is 1. The van der Waals surface area contributed by atoms with E-state index >= 15 is 0 Å². The van der Waals surface area contributed by atoms with Crippen LogP contribution in [-0.2, 0) is 4.79 Å². The third kappa shape index (κ3) is 3.18. The second kappa shape index (κ2) is 5.48. The summed E-state index contributed by atoms with van der Waals surface area (Å²) >= 11 is 11.0. The third-order valence-electron chi connectivity index (χ3n) is 1.91. The highest BCUT2D eigenvalue weighted by molar-refractivity contribution is 7.81. The normalized spacial score (nSPS) is 10.2. The first-order chi connectivity index (χ1) is 8.19. The van der Waals surface area contributed by atoms with E-state index in [4.69, 9.17) is 11.6 Å². The van der Waals surface area contributed by atoms with Gasteiger partial charge in [-0.25, -0.2) is 0 Å². The topological polar surface area (TPSA) is 54.9 Å². The molecule has 1 N–H and O–H groups in total. The van der Waals surface area contributed by atoms with E-state index in [9.17, 15) is 4.79 Å². The standard InChI is InChI=1S/C10H8ClN3OS2/c11-7-3-1-6(2-4-7)9-13-14-10(17-9)12-8(15)5-16/h1-4,16H,5H2,(H,12,14,15). The molecule has 0 fully saturated rings. The summed E-state index contributed by atoms with van der Waals surface area (Å²) in [6, 6.07) is 7.27. The van der Waals surface area contributed by atoms with Crippen molar-refractivity contribution in [2.75, 3.05) is 11.1 Å². The van der Waals surface area contributed by atoms with Gasteiger partial charge in [-0.05, 0) is 12.1 Å². The van der Waals surface area contributed by atoms with Crippen LogP contribution in [0.1, 0.15) is 0 Å². The number of hydrogen-bond donors (Lipinski definition) is 2. The zero-order valence-corrected chi connectivity index (χ0v) is 11.0. The molecule has 0 radical (unpaired) electrons. The molecule has 0 aliphatic heterocycles. The maximum absolute atomic E-state index is 11.1. The molecule has 4 nitrogen and oxygen atoms in total. The molecule has 0 saturated carbocycles. The maximum Gasteiger partial charge on any atom is 0.235 e. The summed E-state index contributed by atoms with van der Waals surface area (Å²) in [5.74, 6) is -0.0808. The summed E-state index contributed by atoms with van der Waals surface area (Å²) in [5.41, 5.74) is 0.915. The molecule has 1 aromatic heterocycles. The van der Waals surface area contributed by atoms with Crippen molar-refractivity contribution < 1.29 is 4.79 Å². The molecule has 1 heterocycles. The predicted octanol–water partition coefficient (Wildman–Crippen LogP) is 2.73. The largest absolute Gasteiger partial charge is 0.300 e. The van der Waals surface area contributed by atoms with Gasteiger partial charge >= 0.3 is 0 Å². The van der Waals surface area contributed by atoms with Crippen LogP contribution in [0.2, 0.25) is 5.02 Å². The summed E-state index contributed by atoms with van der Waals surface area (Å²) in [6.45, 7) is 0. The molecule has 0 saturated heterocycles. The van der Waals surface area contributed by atoms with Crippen molar-refractivity contribution >= 4 is 46.6 Å². The molecule has 0 atom stereocenters. The van der Waals surface area contributed by atoms with Crippen LogP contribution in [-0.4, -0.2) is 21.9 Å². The van der Waals surface area contributed by atoms with E-state index in [0.717, 1.165) is 10.6 Å². The lowest BCUT2D eigenvalue weighted by atomic mass is 10.2. The highest BCUT2D eigenvalue weighted by Gasteiger charge is 2.08. The molecule has 0 unspecified atom stereocenters. The molecule has 2 aromatic rings. The number of carbonyl (C=O) groups is 1. The number of thiol groups is 1. The predicted molar refractivity (Wildman–Crippen MR) is 72.8 cm³/mol. The van der Waals surface area contributed by atoms with Crippen molar-refractivity contribution in [3.63, 3.8) is 0 Å². The van der Waals surface area contributed by atoms with Gasteiger partial charge in [0.25, 0.3) is 0 Å². The van der Waals surface area contributed by atoms with E-state index in [-0.39, 0.29) is 11.7 Å². The average Bonchev–Trinajstić information content (AvgIpc) is 2.78. The highest BCUT2D eigenvalue weighted by Crippen LogP contribution is 2.27. The van der Waals surface area contributed by atoms with E-state index < -0.39 is 0 Å². The molecule has 1 amide bonds. The Morgan fingerprint density at radius 3 is 2.71 bits per heavy atom. The lowest BCUT2D eigenvalue weighted by Crippen LogP contribution is -2.12. The SMILES string of the molecule is O=C(CS)Nc1nnc(-c2ccc(Cl)cc2)s1. The highest BCUT2D eigenvalue weighted by atomic mass is 35.5. The zero-order chi connectivity index (χ0) is 12.3. The molecule has 0 aliphatic rings. The van der Waals surface area contributed by atoms with Gasteiger partial charge in [-0.3, -0.25) is 10.1 Å². The molecule has 0 spiro atoms. The van der Waals surface area contributed by atoms with Crippen LogP contribution in [0.3, 0.4) is 0 Å². The number of aromatic nitrogens is 2. The Bertz CT molecular complexity index is 527. The van der Waals surface area contributed by atoms with Crippen LogP contribution in [0.15, 0.2) is 24.3 Å². The molecule has 0 aliphatic carbocycles. The quantitative estimate of drug-likeness (QED) is 0.853. The number of carbonyl (C=O) groups excluding carboxylic acids is 1. The second-order valence-electron chi connectivity index (χ2n) is 3.13. The van der Waals surface area contributed by atoms with Crippen LogP contribution in [0.4, 0.5) is 5.13 Å². The minimum Gasteiger partial charge on any atom is -0.300 e. The van der Waals surface area contributed by atoms with Crippen LogP contribution in [0.25, 0.3) is 10.6 Å². The van der Waals surface area contributed by atoms with Crippen molar-refractivity contribution in [1.82, 2.24) is 10.2 Å². The lowest BCUT2D eigenvalue weighted by molar-refractivity contribution is -0.113. The van der Waals surface area contributed by atoms with Gasteiger partial charge in [-0.15, -0.1) is 10.2 Å². The number of rotatable bonds is 3. The maximum atomic E-state index is 11.1. The van der Waals surface area contributed by atoms with Gasteiger partial charge in [0.05, 0.1) is 5.75 Å². The average molecular weight is 286 g/mol. The van der Waals surface area contributed by atoms with Crippen molar-refractivity contribution in [3.8, 4) is 10.6 Å². The van der Waals surface area contributed by atoms with Gasteiger partial charge in [-0.2, -0.15) is 12.6 Å². The fraction of sp³-hybridized carbons (Fsp3) is 0.100. The summed E-state index contributed by atoms with van der Waals surface area (Å²) < 4.78 is 0. The minimum absolute atomic E-state index is 0.121. The number of halogens is 1. The van der Waals surface area contributed by atoms with E-state index in [2.05, 4.69) is 28.1 Å². The summed E-state index contributed by atoms with van der Waals surface area (Å²) in [5, 5.41) is 12.3. The Morgan fingerprint density at radius 1 is 1.35 bits per heavy atom. The van der Waals surface area contributed by atoms with Gasteiger partial charge in [0.2, 0.25) is 11.0 Å². The number of hydrogen-bond acceptors (Lipinski definition) is 5. The van der Waals surface area contributed by atoms with Crippen molar-refractivity contribution in [2.45, 2.75) is 0 Å². The molecule has 1 aromatic carbocycles. The van der Waals surface area contributed by atoms with Crippen LogP contribution in [0, 0.1) is 0 Å². The zero-order valence-electron chi connectivity index (χ0n) is 8.55. The molecule has 17 heavy (non-hydrogen) atoms. The van der Waals surface area contributed by atoms with Gasteiger partial charge in [-0.1, -0.05) is 35.1 Å². The van der Waals surface area contributed by atoms with E-state index in [1.165, 1.54) is 11.3 Å². The summed E-state index contributed by atoms with van der Waals surface area (Å²) in [7, 11) is 0. The number of nitrogens with one attached hydrogen (secondary N) is 1. The Morgan fingerprint density at radius 2 is 2.06 bits per heavy atom. The number of benzene rings is 1. The Balaban J connectivity index is 2.18. The Hall–Kier alpha value is -1.11. The molecular formula is C10H8ClN3OS2. The first-order valence-corrected chi connectivity index (χ1v) is 6.52. The second-order valence-corrected chi connectivity index (χ2v) is 4.86. The van der Waals surface area contributed by atoms with Crippen molar-refractivity contribution in [2.24, 2.45) is 0 Å². The van der Waals surface area contributed by atoms with E-state index in [1.54, 1.807) is 12.1 Å². The first-order valence-electron chi connectivity index (χ1n) is 4.69. The number of nitrogens with zero attached hydrogens (tertiary/aromatic N) is 2. The monoisotopic (exact) mass is 285 g/mol. The van der Waals surface area contributed by atoms with Crippen LogP contribution < -0.4 is 5.32 Å². The van der Waals surface area contributed by atoms with Crippen LogP contribution in [0.5, 0.6) is 0 Å². The van der Waals surface area contributed by atoms with Gasteiger partial charge in [0, 0.05) is 10.6 Å². The molecule has 0 bridgehead atoms. The van der Waals surface area contributed by atoms with Crippen molar-refractivity contribution in [3.05, 3.63) is 29.3 Å². The third-order valence-corrected chi connectivity index (χ3v) is 3.33. The molecule has 7 heteroatoms. The smallest absolute Gasteiger partial charge is 0.235 e. The van der Waals surface area contributed by atoms with Gasteiger partial charge in [0.15, 0.2) is 0 Å². The summed E-state index contributed by atoms with van der Waals surface area (Å²) in [4.78, 5) is 11.1. The minimum atomic E-state index is -0.202. The Kier molecular flexibility index (Phi) is 3.98. The fourth-order valence-electron chi connectivity index (χ4n) is 1.14. The van der Waals surface area contributed by atoms with Crippen molar-refractivity contribution in [1.29, 1.82) is 0 Å². The van der Waals surface area contributed by atoms with E-state index in [1.807, 2.05) is 12.1 Å². The van der Waals surface area contributed by atoms with E-state index in [0.29, 0.717) is 10.2 Å². The number of amides is 1. The lowest BCUT2D eigenvalue weighted by Gasteiger charge is -1.95.